The molecule has 8 heteroatoms. The minimum Gasteiger partial charge on any atom is -0.483 e. The molecule has 140 valence electrons. The fourth-order valence-corrected chi connectivity index (χ4v) is 3.40. The predicted octanol–water partition coefficient (Wildman–Crippen LogP) is 2.64. The quantitative estimate of drug-likeness (QED) is 0.476. The number of hydrogen-bond acceptors (Lipinski definition) is 6. The van der Waals surface area contributed by atoms with Crippen LogP contribution in [0.25, 0.3) is 5.70 Å². The maximum absolute atomic E-state index is 12.5. The van der Waals surface area contributed by atoms with Crippen LogP contribution in [0.2, 0.25) is 0 Å². The SMILES string of the molecule is CCONCC1=C(N2CCCC2=O)c2cc([N+](=O)[O-])ccc2OC1(C)C. The van der Waals surface area contributed by atoms with Crippen LogP contribution in [0.1, 0.15) is 39.2 Å². The Hall–Kier alpha value is -2.45. The molecular formula is C18H23N3O5. The highest BCUT2D eigenvalue weighted by molar-refractivity contribution is 5.92. The van der Waals surface area contributed by atoms with Crippen LogP contribution in [0, 0.1) is 10.1 Å². The van der Waals surface area contributed by atoms with E-state index in [1.54, 1.807) is 11.0 Å². The number of nitro groups is 1. The van der Waals surface area contributed by atoms with Gasteiger partial charge in [0.15, 0.2) is 0 Å². The van der Waals surface area contributed by atoms with Crippen LogP contribution in [0.4, 0.5) is 5.69 Å². The number of nitrogens with zero attached hydrogens (tertiary/aromatic N) is 2. The number of non-ortho nitro benzene ring substituents is 1. The molecule has 1 aromatic carbocycles. The molecule has 3 rings (SSSR count). The van der Waals surface area contributed by atoms with Crippen molar-refractivity contribution in [3.8, 4) is 5.75 Å². The van der Waals surface area contributed by atoms with Crippen molar-refractivity contribution < 1.29 is 19.3 Å². The summed E-state index contributed by atoms with van der Waals surface area (Å²) in [4.78, 5) is 30.2. The van der Waals surface area contributed by atoms with Crippen LogP contribution in [0.3, 0.4) is 0 Å². The number of carbonyl (C=O) groups excluding carboxylic acids is 1. The van der Waals surface area contributed by atoms with Crippen molar-refractivity contribution in [1.29, 1.82) is 0 Å². The summed E-state index contributed by atoms with van der Waals surface area (Å²) in [7, 11) is 0. The minimum atomic E-state index is -0.689. The molecule has 0 unspecified atom stereocenters. The molecule has 1 aromatic rings. The van der Waals surface area contributed by atoms with E-state index in [-0.39, 0.29) is 11.6 Å². The van der Waals surface area contributed by atoms with Gasteiger partial charge in [-0.3, -0.25) is 14.9 Å². The Balaban J connectivity index is 2.17. The monoisotopic (exact) mass is 361 g/mol. The first kappa shape index (κ1) is 18.3. The molecule has 1 N–H and O–H groups in total. The molecule has 8 nitrogen and oxygen atoms in total. The Bertz CT molecular complexity index is 772. The van der Waals surface area contributed by atoms with E-state index in [9.17, 15) is 14.9 Å². The second-order valence-electron chi connectivity index (χ2n) is 6.78. The van der Waals surface area contributed by atoms with Crippen molar-refractivity contribution >= 4 is 17.3 Å². The van der Waals surface area contributed by atoms with Crippen molar-refractivity contribution in [2.24, 2.45) is 0 Å². The average molecular weight is 361 g/mol. The summed E-state index contributed by atoms with van der Waals surface area (Å²) in [5, 5.41) is 11.2. The maximum Gasteiger partial charge on any atom is 0.270 e. The number of nitrogens with one attached hydrogen (secondary N) is 1. The van der Waals surface area contributed by atoms with Crippen LogP contribution in [-0.4, -0.2) is 41.0 Å². The lowest BCUT2D eigenvalue weighted by Gasteiger charge is -2.39. The number of amides is 1. The molecule has 2 heterocycles. The van der Waals surface area contributed by atoms with E-state index in [0.717, 1.165) is 12.0 Å². The molecule has 0 bridgehead atoms. The molecule has 1 amide bonds. The lowest BCUT2D eigenvalue weighted by molar-refractivity contribution is -0.384. The maximum atomic E-state index is 12.5. The Morgan fingerprint density at radius 2 is 2.19 bits per heavy atom. The van der Waals surface area contributed by atoms with E-state index in [0.29, 0.717) is 43.1 Å². The molecule has 1 saturated heterocycles. The third-order valence-electron chi connectivity index (χ3n) is 4.65. The van der Waals surface area contributed by atoms with Gasteiger partial charge in [-0.05, 0) is 33.3 Å². The lowest BCUT2D eigenvalue weighted by Crippen LogP contribution is -2.42. The first-order valence-corrected chi connectivity index (χ1v) is 8.71. The highest BCUT2D eigenvalue weighted by atomic mass is 16.6. The average Bonchev–Trinajstić information content (AvgIpc) is 3.00. The van der Waals surface area contributed by atoms with Crippen LogP contribution in [0.5, 0.6) is 5.75 Å². The molecule has 0 radical (unpaired) electrons. The van der Waals surface area contributed by atoms with Crippen LogP contribution < -0.4 is 10.2 Å². The van der Waals surface area contributed by atoms with Gasteiger partial charge in [0, 0.05) is 42.8 Å². The minimum absolute atomic E-state index is 0.0177. The molecule has 26 heavy (non-hydrogen) atoms. The Labute approximate surface area is 151 Å². The van der Waals surface area contributed by atoms with Crippen LogP contribution >= 0.6 is 0 Å². The van der Waals surface area contributed by atoms with Gasteiger partial charge in [0.25, 0.3) is 5.69 Å². The molecule has 0 aromatic heterocycles. The summed E-state index contributed by atoms with van der Waals surface area (Å²) in [5.74, 6) is 0.555. The van der Waals surface area contributed by atoms with Crippen LogP contribution in [-0.2, 0) is 9.63 Å². The highest BCUT2D eigenvalue weighted by Gasteiger charge is 2.40. The van der Waals surface area contributed by atoms with Crippen molar-refractivity contribution in [2.75, 3.05) is 19.7 Å². The van der Waals surface area contributed by atoms with E-state index < -0.39 is 10.5 Å². The molecule has 0 atom stereocenters. The molecule has 0 spiro atoms. The van der Waals surface area contributed by atoms with E-state index in [1.165, 1.54) is 12.1 Å². The summed E-state index contributed by atoms with van der Waals surface area (Å²) < 4.78 is 6.11. The Morgan fingerprint density at radius 3 is 2.81 bits per heavy atom. The molecule has 0 aliphatic carbocycles. The number of likely N-dealkylation sites (tertiary alicyclic amines) is 1. The van der Waals surface area contributed by atoms with Crippen molar-refractivity contribution in [3.05, 3.63) is 39.4 Å². The van der Waals surface area contributed by atoms with Crippen LogP contribution in [0.15, 0.2) is 23.8 Å². The normalized spacial score (nSPS) is 18.7. The number of nitro benzene ring substituents is 1. The number of hydroxylamine groups is 1. The number of hydrogen-bond donors (Lipinski definition) is 1. The predicted molar refractivity (Wildman–Crippen MR) is 95.3 cm³/mol. The van der Waals surface area contributed by atoms with Gasteiger partial charge in [-0.2, -0.15) is 5.48 Å². The molecule has 2 aliphatic rings. The van der Waals surface area contributed by atoms with E-state index in [1.807, 2.05) is 20.8 Å². The summed E-state index contributed by atoms with van der Waals surface area (Å²) in [6.45, 7) is 7.14. The van der Waals surface area contributed by atoms with Crippen molar-refractivity contribution in [3.63, 3.8) is 0 Å². The third kappa shape index (κ3) is 3.30. The summed E-state index contributed by atoms with van der Waals surface area (Å²) in [6.07, 6.45) is 1.24. The summed E-state index contributed by atoms with van der Waals surface area (Å²) in [6, 6.07) is 4.50. The third-order valence-corrected chi connectivity index (χ3v) is 4.65. The zero-order valence-corrected chi connectivity index (χ0v) is 15.2. The topological polar surface area (TPSA) is 93.9 Å². The number of fused-ring (bicyclic) bond motifs is 1. The van der Waals surface area contributed by atoms with E-state index in [4.69, 9.17) is 9.57 Å². The Kier molecular flexibility index (Phi) is 4.97. The fourth-order valence-electron chi connectivity index (χ4n) is 3.40. The lowest BCUT2D eigenvalue weighted by atomic mass is 9.88. The van der Waals surface area contributed by atoms with Crippen molar-refractivity contribution in [2.45, 2.75) is 39.2 Å². The van der Waals surface area contributed by atoms with Crippen molar-refractivity contribution in [1.82, 2.24) is 10.4 Å². The summed E-state index contributed by atoms with van der Waals surface area (Å²) >= 11 is 0. The smallest absolute Gasteiger partial charge is 0.270 e. The summed E-state index contributed by atoms with van der Waals surface area (Å²) in [5.41, 5.74) is 4.25. The number of ether oxygens (including phenoxy) is 1. The molecule has 1 fully saturated rings. The number of carbonyl (C=O) groups is 1. The Morgan fingerprint density at radius 1 is 1.42 bits per heavy atom. The molecular weight excluding hydrogens is 338 g/mol. The highest BCUT2D eigenvalue weighted by Crippen LogP contribution is 2.44. The van der Waals surface area contributed by atoms with Gasteiger partial charge in [-0.25, -0.2) is 0 Å². The van der Waals surface area contributed by atoms with Gasteiger partial charge in [0.05, 0.1) is 17.2 Å². The van der Waals surface area contributed by atoms with Gasteiger partial charge in [-0.1, -0.05) is 0 Å². The molecule has 2 aliphatic heterocycles. The first-order chi connectivity index (χ1) is 12.3. The largest absolute Gasteiger partial charge is 0.483 e. The molecule has 0 saturated carbocycles. The van der Waals surface area contributed by atoms with E-state index in [2.05, 4.69) is 5.48 Å². The van der Waals surface area contributed by atoms with Gasteiger partial charge in [0.2, 0.25) is 5.91 Å². The van der Waals surface area contributed by atoms with Gasteiger partial charge < -0.3 is 14.5 Å². The number of rotatable bonds is 6. The second kappa shape index (κ2) is 7.05. The second-order valence-corrected chi connectivity index (χ2v) is 6.78. The fraction of sp³-hybridized carbons (Fsp3) is 0.500. The van der Waals surface area contributed by atoms with E-state index >= 15 is 0 Å². The number of benzene rings is 1. The van der Waals surface area contributed by atoms with Gasteiger partial charge in [0.1, 0.15) is 11.4 Å². The zero-order chi connectivity index (χ0) is 18.9. The zero-order valence-electron chi connectivity index (χ0n) is 15.2. The van der Waals surface area contributed by atoms with Gasteiger partial charge >= 0.3 is 0 Å². The standard InChI is InChI=1S/C18H23N3O5/c1-4-25-19-11-14-17(20-9-5-6-16(20)22)13-10-12(21(23)24)7-8-15(13)26-18(14,2)3/h7-8,10,19H,4-6,9,11H2,1-3H3. The van der Waals surface area contributed by atoms with Gasteiger partial charge in [-0.15, -0.1) is 0 Å². The first-order valence-electron chi connectivity index (χ1n) is 8.71.